The van der Waals surface area contributed by atoms with E-state index in [9.17, 15) is 22.8 Å². The summed E-state index contributed by atoms with van der Waals surface area (Å²) in [4.78, 5) is 33.8. The van der Waals surface area contributed by atoms with Gasteiger partial charge in [-0.3, -0.25) is 10.1 Å². The molecule has 1 atom stereocenters. The number of nitrogens with one attached hydrogen (secondary N) is 2. The second kappa shape index (κ2) is 10.7. The molecule has 0 radical (unpaired) electrons. The highest BCUT2D eigenvalue weighted by Gasteiger charge is 2.33. The molecule has 2 aliphatic rings. The van der Waals surface area contributed by atoms with Crippen LogP contribution in [-0.2, 0) is 23.9 Å². The number of benzene rings is 2. The fourth-order valence-corrected chi connectivity index (χ4v) is 5.06. The van der Waals surface area contributed by atoms with Crippen molar-refractivity contribution in [3.05, 3.63) is 83.6 Å². The Labute approximate surface area is 218 Å². The van der Waals surface area contributed by atoms with E-state index < -0.39 is 11.7 Å². The third-order valence-corrected chi connectivity index (χ3v) is 7.03. The minimum atomic E-state index is -4.38. The number of alkyl halides is 3. The largest absolute Gasteiger partial charge is 0.416 e. The number of carbonyl (C=O) groups excluding carboxylic acids is 2. The summed E-state index contributed by atoms with van der Waals surface area (Å²) < 4.78 is 38.6. The first-order valence-electron chi connectivity index (χ1n) is 12.6. The molecule has 198 valence electrons. The number of halogens is 3. The molecule has 0 bridgehead atoms. The molecule has 1 saturated heterocycles. The van der Waals surface area contributed by atoms with Gasteiger partial charge in [0.1, 0.15) is 5.82 Å². The van der Waals surface area contributed by atoms with E-state index in [0.29, 0.717) is 44.1 Å². The molecular formula is C28H28F3N5O2. The molecule has 5 rings (SSSR count). The smallest absolute Gasteiger partial charge is 0.355 e. The van der Waals surface area contributed by atoms with Crippen molar-refractivity contribution in [2.24, 2.45) is 5.92 Å². The molecule has 1 unspecified atom stereocenters. The molecule has 0 aliphatic carbocycles. The Kier molecular flexibility index (Phi) is 7.22. The summed E-state index contributed by atoms with van der Waals surface area (Å²) in [5, 5.41) is 6.02. The van der Waals surface area contributed by atoms with Crippen molar-refractivity contribution >= 4 is 29.1 Å². The number of rotatable bonds is 4. The van der Waals surface area contributed by atoms with Crippen LogP contribution in [0.3, 0.4) is 0 Å². The van der Waals surface area contributed by atoms with Gasteiger partial charge in [-0.1, -0.05) is 18.2 Å². The molecule has 1 aromatic heterocycles. The third-order valence-electron chi connectivity index (χ3n) is 7.03. The van der Waals surface area contributed by atoms with Crippen LogP contribution in [0.1, 0.15) is 29.5 Å². The quantitative estimate of drug-likeness (QED) is 0.462. The summed E-state index contributed by atoms with van der Waals surface area (Å²) in [5.41, 5.74) is 2.75. The van der Waals surface area contributed by atoms with Crippen molar-refractivity contribution in [1.29, 1.82) is 0 Å². The standard InChI is InChI=1S/C28H28F3N5O2/c29-28(30,31)21-9-11-22(12-10-21)33-24-7-3-5-19-17-35(16-13-23(19)24)26(37)20-6-4-15-36(18-20)27(38)34-25-8-1-2-14-32-25/h1-3,5,7-12,14,20,33H,4,6,13,15-18H2,(H,32,34,38). The topological polar surface area (TPSA) is 77.6 Å². The van der Waals surface area contributed by atoms with E-state index >= 15 is 0 Å². The van der Waals surface area contributed by atoms with Crippen molar-refractivity contribution in [3.8, 4) is 0 Å². The van der Waals surface area contributed by atoms with Crippen LogP contribution in [0, 0.1) is 5.92 Å². The number of amides is 3. The normalized spacial score (nSPS) is 17.5. The van der Waals surface area contributed by atoms with Crippen molar-refractivity contribution in [2.45, 2.75) is 32.0 Å². The van der Waals surface area contributed by atoms with Crippen LogP contribution in [0.4, 0.5) is 35.2 Å². The summed E-state index contributed by atoms with van der Waals surface area (Å²) in [6.45, 7) is 1.93. The highest BCUT2D eigenvalue weighted by atomic mass is 19.4. The Morgan fingerprint density at radius 3 is 2.50 bits per heavy atom. The number of aromatic nitrogens is 1. The van der Waals surface area contributed by atoms with Gasteiger partial charge in [0.15, 0.2) is 0 Å². The second-order valence-corrected chi connectivity index (χ2v) is 9.58. The predicted molar refractivity (Wildman–Crippen MR) is 138 cm³/mol. The number of carbonyl (C=O) groups is 2. The lowest BCUT2D eigenvalue weighted by atomic mass is 9.93. The minimum Gasteiger partial charge on any atom is -0.355 e. The Morgan fingerprint density at radius 2 is 1.76 bits per heavy atom. The van der Waals surface area contributed by atoms with Crippen LogP contribution in [0.25, 0.3) is 0 Å². The van der Waals surface area contributed by atoms with Gasteiger partial charge in [0.05, 0.1) is 11.5 Å². The monoisotopic (exact) mass is 523 g/mol. The van der Waals surface area contributed by atoms with E-state index in [-0.39, 0.29) is 17.9 Å². The molecule has 1 fully saturated rings. The number of pyridine rings is 1. The number of nitrogens with zero attached hydrogens (tertiary/aromatic N) is 3. The van der Waals surface area contributed by atoms with Gasteiger partial charge < -0.3 is 15.1 Å². The van der Waals surface area contributed by atoms with E-state index in [2.05, 4.69) is 15.6 Å². The predicted octanol–water partition coefficient (Wildman–Crippen LogP) is 5.67. The van der Waals surface area contributed by atoms with Crippen LogP contribution in [0.5, 0.6) is 0 Å². The first kappa shape index (κ1) is 25.6. The van der Waals surface area contributed by atoms with Gasteiger partial charge in [0.25, 0.3) is 0 Å². The molecule has 0 spiro atoms. The molecular weight excluding hydrogens is 495 g/mol. The molecule has 2 aromatic carbocycles. The first-order valence-corrected chi connectivity index (χ1v) is 12.6. The summed E-state index contributed by atoms with van der Waals surface area (Å²) in [6, 6.07) is 15.7. The summed E-state index contributed by atoms with van der Waals surface area (Å²) in [7, 11) is 0. The second-order valence-electron chi connectivity index (χ2n) is 9.58. The van der Waals surface area contributed by atoms with Gasteiger partial charge in [-0.25, -0.2) is 9.78 Å². The van der Waals surface area contributed by atoms with Gasteiger partial charge in [0.2, 0.25) is 5.91 Å². The van der Waals surface area contributed by atoms with E-state index in [1.54, 1.807) is 29.3 Å². The molecule has 0 saturated carbocycles. The molecule has 2 aliphatic heterocycles. The van der Waals surface area contributed by atoms with Gasteiger partial charge in [-0.2, -0.15) is 13.2 Å². The lowest BCUT2D eigenvalue weighted by molar-refractivity contribution is -0.138. The highest BCUT2D eigenvalue weighted by molar-refractivity contribution is 5.89. The third kappa shape index (κ3) is 5.74. The zero-order valence-electron chi connectivity index (χ0n) is 20.7. The van der Waals surface area contributed by atoms with Crippen LogP contribution in [0.2, 0.25) is 0 Å². The summed E-state index contributed by atoms with van der Waals surface area (Å²) in [5.74, 6) is 0.236. The molecule has 3 heterocycles. The van der Waals surface area contributed by atoms with E-state index in [4.69, 9.17) is 0 Å². The Bertz CT molecular complexity index is 1300. The number of fused-ring (bicyclic) bond motifs is 1. The maximum absolute atomic E-state index is 13.4. The molecule has 38 heavy (non-hydrogen) atoms. The summed E-state index contributed by atoms with van der Waals surface area (Å²) in [6.07, 6.45) is -0.667. The van der Waals surface area contributed by atoms with Crippen LogP contribution in [0.15, 0.2) is 66.9 Å². The zero-order chi connectivity index (χ0) is 26.7. The molecule has 3 amide bonds. The van der Waals surface area contributed by atoms with E-state index in [1.165, 1.54) is 12.1 Å². The number of hydrogen-bond acceptors (Lipinski definition) is 4. The fourth-order valence-electron chi connectivity index (χ4n) is 5.06. The van der Waals surface area contributed by atoms with Crippen molar-refractivity contribution in [1.82, 2.24) is 14.8 Å². The molecule has 10 heteroatoms. The SMILES string of the molecule is O=C(Nc1ccccn1)N1CCCC(C(=O)N2CCc3c(cccc3Nc3ccc(C(F)(F)F)cc3)C2)C1. The van der Waals surface area contributed by atoms with Crippen LogP contribution in [-0.4, -0.2) is 46.4 Å². The van der Waals surface area contributed by atoms with Crippen LogP contribution < -0.4 is 10.6 Å². The van der Waals surface area contributed by atoms with Gasteiger partial charge in [0, 0.05) is 43.8 Å². The number of piperidine rings is 1. The van der Waals surface area contributed by atoms with Crippen molar-refractivity contribution < 1.29 is 22.8 Å². The van der Waals surface area contributed by atoms with E-state index in [0.717, 1.165) is 41.8 Å². The molecule has 7 nitrogen and oxygen atoms in total. The van der Waals surface area contributed by atoms with Crippen LogP contribution >= 0.6 is 0 Å². The van der Waals surface area contributed by atoms with Gasteiger partial charge in [-0.05, 0) is 72.9 Å². The number of urea groups is 1. The fraction of sp³-hybridized carbons (Fsp3) is 0.321. The number of anilines is 3. The first-order chi connectivity index (χ1) is 18.3. The average Bonchev–Trinajstić information content (AvgIpc) is 2.93. The Hall–Kier alpha value is -4.08. The Balaban J connectivity index is 1.22. The molecule has 2 N–H and O–H groups in total. The minimum absolute atomic E-state index is 0.0343. The van der Waals surface area contributed by atoms with Crippen molar-refractivity contribution in [2.75, 3.05) is 30.3 Å². The van der Waals surface area contributed by atoms with Gasteiger partial charge in [-0.15, -0.1) is 0 Å². The number of likely N-dealkylation sites (tertiary alicyclic amines) is 1. The van der Waals surface area contributed by atoms with E-state index in [1.807, 2.05) is 23.1 Å². The highest BCUT2D eigenvalue weighted by Crippen LogP contribution is 2.33. The van der Waals surface area contributed by atoms with Gasteiger partial charge >= 0.3 is 12.2 Å². The maximum Gasteiger partial charge on any atom is 0.416 e. The summed E-state index contributed by atoms with van der Waals surface area (Å²) >= 11 is 0. The average molecular weight is 524 g/mol. The van der Waals surface area contributed by atoms with Crippen molar-refractivity contribution in [3.63, 3.8) is 0 Å². The zero-order valence-corrected chi connectivity index (χ0v) is 20.7. The lowest BCUT2D eigenvalue weighted by Gasteiger charge is -2.37. The molecule has 3 aromatic rings. The lowest BCUT2D eigenvalue weighted by Crippen LogP contribution is -2.48. The maximum atomic E-state index is 13.4. The Morgan fingerprint density at radius 1 is 0.947 bits per heavy atom. The number of hydrogen-bond donors (Lipinski definition) is 2.